The number of ether oxygens (including phenoxy) is 3. The lowest BCUT2D eigenvalue weighted by atomic mass is 9.46. The van der Waals surface area contributed by atoms with E-state index in [1.54, 1.807) is 4.90 Å². The highest BCUT2D eigenvalue weighted by Gasteiger charge is 2.70. The SMILES string of the molecule is CN(Cc1ccc2c(c1)OCO2)C(=O)C1(N)C2CCCOC2C1(C)C.Cl. The van der Waals surface area contributed by atoms with Crippen molar-refractivity contribution in [3.8, 4) is 11.5 Å². The van der Waals surface area contributed by atoms with Crippen molar-refractivity contribution in [1.82, 2.24) is 4.90 Å². The van der Waals surface area contributed by atoms with E-state index in [4.69, 9.17) is 19.9 Å². The van der Waals surface area contributed by atoms with Gasteiger partial charge in [0.05, 0.1) is 6.10 Å². The van der Waals surface area contributed by atoms with Gasteiger partial charge in [0, 0.05) is 31.5 Å². The van der Waals surface area contributed by atoms with Gasteiger partial charge in [0.15, 0.2) is 11.5 Å². The van der Waals surface area contributed by atoms with Crippen molar-refractivity contribution >= 4 is 18.3 Å². The number of benzene rings is 1. The lowest BCUT2D eigenvalue weighted by Gasteiger charge is -2.65. The van der Waals surface area contributed by atoms with E-state index in [0.29, 0.717) is 6.54 Å². The number of amides is 1. The minimum absolute atomic E-state index is 0. The molecule has 6 nitrogen and oxygen atoms in total. The Kier molecular flexibility index (Phi) is 4.88. The number of fused-ring (bicyclic) bond motifs is 2. The lowest BCUT2D eigenvalue weighted by molar-refractivity contribution is -0.229. The van der Waals surface area contributed by atoms with Gasteiger partial charge in [-0.2, -0.15) is 0 Å². The number of carbonyl (C=O) groups is 1. The molecule has 2 heterocycles. The Labute approximate surface area is 160 Å². The Morgan fingerprint density at radius 1 is 1.31 bits per heavy atom. The van der Waals surface area contributed by atoms with Gasteiger partial charge in [0.25, 0.3) is 0 Å². The number of rotatable bonds is 3. The second kappa shape index (κ2) is 6.59. The Bertz CT molecular complexity index is 711. The highest BCUT2D eigenvalue weighted by Crippen LogP contribution is 2.58. The zero-order valence-corrected chi connectivity index (χ0v) is 16.3. The van der Waals surface area contributed by atoms with Crippen LogP contribution >= 0.6 is 12.4 Å². The molecule has 1 aromatic carbocycles. The maximum atomic E-state index is 13.2. The van der Waals surface area contributed by atoms with Crippen LogP contribution in [0.2, 0.25) is 0 Å². The van der Waals surface area contributed by atoms with Crippen LogP contribution in [0.25, 0.3) is 0 Å². The Morgan fingerprint density at radius 2 is 2.04 bits per heavy atom. The summed E-state index contributed by atoms with van der Waals surface area (Å²) >= 11 is 0. The summed E-state index contributed by atoms with van der Waals surface area (Å²) in [5.41, 5.74) is 6.47. The van der Waals surface area contributed by atoms with Crippen molar-refractivity contribution in [3.63, 3.8) is 0 Å². The van der Waals surface area contributed by atoms with Gasteiger partial charge in [0.2, 0.25) is 12.7 Å². The zero-order valence-electron chi connectivity index (χ0n) is 15.5. The fourth-order valence-electron chi connectivity index (χ4n) is 4.71. The molecule has 3 unspecified atom stereocenters. The first-order valence-electron chi connectivity index (χ1n) is 8.90. The fourth-order valence-corrected chi connectivity index (χ4v) is 4.71. The minimum Gasteiger partial charge on any atom is -0.454 e. The van der Waals surface area contributed by atoms with Crippen molar-refractivity contribution < 1.29 is 19.0 Å². The first kappa shape index (κ1) is 19.3. The van der Waals surface area contributed by atoms with Crippen molar-refractivity contribution in [1.29, 1.82) is 0 Å². The van der Waals surface area contributed by atoms with Gasteiger partial charge >= 0.3 is 0 Å². The maximum absolute atomic E-state index is 13.2. The van der Waals surface area contributed by atoms with Gasteiger partial charge in [-0.1, -0.05) is 19.9 Å². The van der Waals surface area contributed by atoms with Crippen molar-refractivity contribution in [2.45, 2.75) is 44.9 Å². The molecule has 0 bridgehead atoms. The van der Waals surface area contributed by atoms with Crippen LogP contribution in [0.4, 0.5) is 0 Å². The molecule has 2 N–H and O–H groups in total. The van der Waals surface area contributed by atoms with Crippen molar-refractivity contribution in [2.24, 2.45) is 17.1 Å². The van der Waals surface area contributed by atoms with Crippen LogP contribution in [0.5, 0.6) is 11.5 Å². The molecule has 1 amide bonds. The van der Waals surface area contributed by atoms with Gasteiger partial charge in [-0.25, -0.2) is 0 Å². The summed E-state index contributed by atoms with van der Waals surface area (Å²) in [6, 6.07) is 5.76. The Morgan fingerprint density at radius 3 is 2.81 bits per heavy atom. The van der Waals surface area contributed by atoms with Crippen LogP contribution in [0.15, 0.2) is 18.2 Å². The summed E-state index contributed by atoms with van der Waals surface area (Å²) in [5.74, 6) is 1.56. The standard InChI is InChI=1S/C19H26N2O4.ClH/c1-18(2)16-13(5-4-8-23-16)19(18,20)17(22)21(3)10-12-6-7-14-15(9-12)25-11-24-14;/h6-7,9,13,16H,4-5,8,10-11,20H2,1-3H3;1H. The first-order valence-corrected chi connectivity index (χ1v) is 8.90. The van der Waals surface area contributed by atoms with E-state index in [2.05, 4.69) is 0 Å². The lowest BCUT2D eigenvalue weighted by Crippen LogP contribution is -2.82. The molecule has 1 saturated carbocycles. The molecule has 1 aromatic rings. The predicted octanol–water partition coefficient (Wildman–Crippen LogP) is 2.33. The smallest absolute Gasteiger partial charge is 0.243 e. The van der Waals surface area contributed by atoms with Crippen LogP contribution < -0.4 is 15.2 Å². The molecule has 1 aliphatic carbocycles. The second-order valence-electron chi connectivity index (χ2n) is 7.98. The van der Waals surface area contributed by atoms with Gasteiger partial charge in [0.1, 0.15) is 5.54 Å². The van der Waals surface area contributed by atoms with Gasteiger partial charge in [-0.05, 0) is 30.5 Å². The number of nitrogens with two attached hydrogens (primary N) is 1. The Balaban J connectivity index is 0.00000196. The predicted molar refractivity (Wildman–Crippen MR) is 99.5 cm³/mol. The largest absolute Gasteiger partial charge is 0.454 e. The van der Waals surface area contributed by atoms with Crippen molar-refractivity contribution in [2.75, 3.05) is 20.4 Å². The molecular formula is C19H27ClN2O4. The van der Waals surface area contributed by atoms with Crippen LogP contribution in [-0.2, 0) is 16.1 Å². The van der Waals surface area contributed by atoms with E-state index in [1.165, 1.54) is 0 Å². The summed E-state index contributed by atoms with van der Waals surface area (Å²) in [7, 11) is 1.81. The third-order valence-electron chi connectivity index (χ3n) is 6.24. The molecular weight excluding hydrogens is 356 g/mol. The summed E-state index contributed by atoms with van der Waals surface area (Å²) in [6.45, 7) is 5.60. The molecule has 0 radical (unpaired) electrons. The summed E-state index contributed by atoms with van der Waals surface area (Å²) in [5, 5.41) is 0. The topological polar surface area (TPSA) is 74.0 Å². The third-order valence-corrected chi connectivity index (χ3v) is 6.24. The quantitative estimate of drug-likeness (QED) is 0.868. The van der Waals surface area contributed by atoms with Crippen LogP contribution in [0.3, 0.4) is 0 Å². The molecule has 2 aliphatic heterocycles. The van der Waals surface area contributed by atoms with Crippen molar-refractivity contribution in [3.05, 3.63) is 23.8 Å². The summed E-state index contributed by atoms with van der Waals surface area (Å²) in [6.07, 6.45) is 2.00. The Hall–Kier alpha value is -1.50. The highest BCUT2D eigenvalue weighted by molar-refractivity contribution is 5.89. The number of hydrogen-bond acceptors (Lipinski definition) is 5. The monoisotopic (exact) mass is 382 g/mol. The minimum atomic E-state index is -0.872. The molecule has 1 saturated heterocycles. The maximum Gasteiger partial charge on any atom is 0.243 e. The van der Waals surface area contributed by atoms with Gasteiger partial charge < -0.3 is 24.8 Å². The molecule has 144 valence electrons. The summed E-state index contributed by atoms with van der Waals surface area (Å²) < 4.78 is 16.7. The molecule has 0 aromatic heterocycles. The fraction of sp³-hybridized carbons (Fsp3) is 0.632. The van der Waals surface area contributed by atoms with E-state index in [9.17, 15) is 4.79 Å². The van der Waals surface area contributed by atoms with Crippen LogP contribution in [0, 0.1) is 11.3 Å². The second-order valence-corrected chi connectivity index (χ2v) is 7.98. The molecule has 7 heteroatoms. The van der Waals surface area contributed by atoms with Gasteiger partial charge in [-0.15, -0.1) is 12.4 Å². The number of hydrogen-bond donors (Lipinski definition) is 1. The molecule has 2 fully saturated rings. The first-order chi connectivity index (χ1) is 11.9. The highest BCUT2D eigenvalue weighted by atomic mass is 35.5. The normalized spacial score (nSPS) is 30.6. The van der Waals surface area contributed by atoms with E-state index in [0.717, 1.165) is 36.5 Å². The van der Waals surface area contributed by atoms with Gasteiger partial charge in [-0.3, -0.25) is 4.79 Å². The van der Waals surface area contributed by atoms with Crippen LogP contribution in [0.1, 0.15) is 32.3 Å². The molecule has 3 atom stereocenters. The molecule has 0 spiro atoms. The average Bonchev–Trinajstić information content (AvgIpc) is 3.08. The van der Waals surface area contributed by atoms with Crippen LogP contribution in [-0.4, -0.2) is 42.9 Å². The van der Waals surface area contributed by atoms with E-state index >= 15 is 0 Å². The zero-order chi connectivity index (χ0) is 17.8. The van der Waals surface area contributed by atoms with E-state index in [-0.39, 0.29) is 42.5 Å². The molecule has 4 rings (SSSR count). The number of carbonyl (C=O) groups excluding carboxylic acids is 1. The average molecular weight is 383 g/mol. The van der Waals surface area contributed by atoms with E-state index < -0.39 is 5.54 Å². The third kappa shape index (κ3) is 2.58. The summed E-state index contributed by atoms with van der Waals surface area (Å²) in [4.78, 5) is 15.0. The molecule has 26 heavy (non-hydrogen) atoms. The van der Waals surface area contributed by atoms with E-state index in [1.807, 2.05) is 39.1 Å². The number of likely N-dealkylation sites (N-methyl/N-ethyl adjacent to an activating group) is 1. The number of nitrogens with zero attached hydrogens (tertiary/aromatic N) is 1. The molecule has 3 aliphatic rings. The number of halogens is 1.